The summed E-state index contributed by atoms with van der Waals surface area (Å²) in [6.45, 7) is 20.8. The fourth-order valence-corrected chi connectivity index (χ4v) is 6.65. The Bertz CT molecular complexity index is 1530. The number of benzene rings is 3. The monoisotopic (exact) mass is 627 g/mol. The van der Waals surface area contributed by atoms with E-state index < -0.39 is 34.8 Å². The number of carbonyl (C=O) groups excluding carboxylic acids is 4. The predicted octanol–water partition coefficient (Wildman–Crippen LogP) is 6.40. The second-order valence-electron chi connectivity index (χ2n) is 10.0. The van der Waals surface area contributed by atoms with Gasteiger partial charge >= 0.3 is 23.9 Å². The van der Waals surface area contributed by atoms with E-state index in [1.165, 1.54) is 0 Å². The van der Waals surface area contributed by atoms with E-state index in [0.29, 0.717) is 11.5 Å². The first kappa shape index (κ1) is 34.3. The molecule has 0 saturated carbocycles. The Morgan fingerprint density at radius 2 is 0.978 bits per heavy atom. The van der Waals surface area contributed by atoms with Crippen LogP contribution in [-0.4, -0.2) is 37.1 Å². The van der Waals surface area contributed by atoms with E-state index in [9.17, 15) is 19.2 Å². The highest BCUT2D eigenvalue weighted by atomic mass is 32.2. The molecule has 0 bridgehead atoms. The van der Waals surface area contributed by atoms with Crippen molar-refractivity contribution in [3.8, 4) is 11.5 Å². The predicted molar refractivity (Wildman–Crippen MR) is 172 cm³/mol. The molecule has 3 aromatic rings. The van der Waals surface area contributed by atoms with Crippen molar-refractivity contribution in [2.24, 2.45) is 0 Å². The first-order valence-electron chi connectivity index (χ1n) is 13.8. The Morgan fingerprint density at radius 1 is 0.622 bits per heavy atom. The maximum Gasteiger partial charge on any atom is 0.342 e. The van der Waals surface area contributed by atoms with Crippen LogP contribution in [0.25, 0.3) is 0 Å². The topological polar surface area (TPSA) is 105 Å². The zero-order valence-corrected chi connectivity index (χ0v) is 26.6. The third kappa shape index (κ3) is 8.93. The van der Waals surface area contributed by atoms with Crippen LogP contribution in [-0.2, 0) is 39.5 Å². The van der Waals surface area contributed by atoms with Crippen LogP contribution in [0.5, 0.6) is 11.5 Å². The lowest BCUT2D eigenvalue weighted by Crippen LogP contribution is -2.17. The molecule has 45 heavy (non-hydrogen) atoms. The minimum atomic E-state index is -0.703. The maximum absolute atomic E-state index is 12.7. The molecule has 232 valence electrons. The number of hydrogen-bond donors (Lipinski definition) is 0. The molecule has 0 amide bonds. The average Bonchev–Trinajstić information content (AvgIpc) is 3.02. The van der Waals surface area contributed by atoms with Gasteiger partial charge in [-0.05, 0) is 62.1 Å². The van der Waals surface area contributed by atoms with E-state index >= 15 is 0 Å². The van der Waals surface area contributed by atoms with Crippen molar-refractivity contribution in [1.82, 2.24) is 0 Å². The number of rotatable bonds is 13. The van der Waals surface area contributed by atoms with Crippen molar-refractivity contribution in [3.63, 3.8) is 0 Å². The summed E-state index contributed by atoms with van der Waals surface area (Å²) in [6.07, 6.45) is 2.00. The van der Waals surface area contributed by atoms with Crippen LogP contribution in [0.4, 0.5) is 0 Å². The molecule has 0 radical (unpaired) electrons. The van der Waals surface area contributed by atoms with Gasteiger partial charge in [-0.3, -0.25) is 0 Å². The Kier molecular flexibility index (Phi) is 11.9. The van der Waals surface area contributed by atoms with Gasteiger partial charge in [0.25, 0.3) is 0 Å². The number of esters is 4. The zero-order chi connectivity index (χ0) is 33.3. The summed E-state index contributed by atoms with van der Waals surface area (Å²) in [5.74, 6) is -1.95. The Labute approximate surface area is 266 Å². The molecule has 0 heterocycles. The van der Waals surface area contributed by atoms with E-state index in [1.54, 1.807) is 0 Å². The Morgan fingerprint density at radius 3 is 1.31 bits per heavy atom. The zero-order valence-electron chi connectivity index (χ0n) is 25.8. The van der Waals surface area contributed by atoms with Gasteiger partial charge in [0.15, 0.2) is 14.7 Å². The normalized spacial score (nSPS) is 10.4. The maximum atomic E-state index is 12.7. The summed E-state index contributed by atoms with van der Waals surface area (Å²) < 4.78 is 21.1. The molecule has 3 aromatic carbocycles. The van der Waals surface area contributed by atoms with Gasteiger partial charge < -0.3 is 18.9 Å². The van der Waals surface area contributed by atoms with E-state index in [2.05, 4.69) is 26.3 Å². The molecule has 0 aliphatic carbocycles. The fraction of sp³-hybridized carbons (Fsp3) is 0.167. The van der Waals surface area contributed by atoms with Crippen molar-refractivity contribution < 1.29 is 38.1 Å². The van der Waals surface area contributed by atoms with Crippen LogP contribution in [0.3, 0.4) is 0 Å². The van der Waals surface area contributed by atoms with E-state index in [-0.39, 0.29) is 24.4 Å². The molecular weight excluding hydrogens is 592 g/mol. The van der Waals surface area contributed by atoms with Crippen molar-refractivity contribution in [1.29, 1.82) is 0 Å². The van der Waals surface area contributed by atoms with Crippen LogP contribution >= 0.6 is 0 Å². The second-order valence-corrected chi connectivity index (χ2v) is 12.0. The molecule has 3 rings (SSSR count). The van der Waals surface area contributed by atoms with Gasteiger partial charge in [-0.15, -0.1) is 0 Å². The van der Waals surface area contributed by atoms with Crippen LogP contribution in [0.15, 0.2) is 119 Å². The highest BCUT2D eigenvalue weighted by molar-refractivity contribution is 7.97. The summed E-state index contributed by atoms with van der Waals surface area (Å²) in [5, 5.41) is 0. The van der Waals surface area contributed by atoms with E-state index in [1.807, 2.05) is 82.3 Å². The molecular formula is C36H35O8S+. The van der Waals surface area contributed by atoms with Gasteiger partial charge in [-0.25, -0.2) is 19.2 Å². The number of ether oxygens (including phenoxy) is 4. The molecule has 8 nitrogen and oxygen atoms in total. The van der Waals surface area contributed by atoms with Gasteiger partial charge in [-0.1, -0.05) is 44.5 Å². The minimum absolute atomic E-state index is 0.00907. The van der Waals surface area contributed by atoms with Crippen molar-refractivity contribution in [2.75, 3.05) is 13.2 Å². The van der Waals surface area contributed by atoms with E-state index in [0.717, 1.165) is 49.1 Å². The van der Waals surface area contributed by atoms with Gasteiger partial charge in [0.2, 0.25) is 0 Å². The smallest absolute Gasteiger partial charge is 0.342 e. The van der Waals surface area contributed by atoms with E-state index in [4.69, 9.17) is 18.9 Å². The largest absolute Gasteiger partial charge is 0.457 e. The van der Waals surface area contributed by atoms with Gasteiger partial charge in [-0.2, -0.15) is 0 Å². The lowest BCUT2D eigenvalue weighted by molar-refractivity contribution is -0.139. The Hall–Kier alpha value is -5.15. The molecule has 0 atom stereocenters. The summed E-state index contributed by atoms with van der Waals surface area (Å²) in [7, 11) is -0.584. The van der Waals surface area contributed by atoms with Crippen molar-refractivity contribution >= 4 is 34.8 Å². The highest BCUT2D eigenvalue weighted by Gasteiger charge is 2.32. The third-order valence-corrected chi connectivity index (χ3v) is 8.55. The van der Waals surface area contributed by atoms with Gasteiger partial charge in [0.05, 0.1) is 22.0 Å². The molecule has 0 fully saturated rings. The van der Waals surface area contributed by atoms with Crippen molar-refractivity contribution in [2.45, 2.75) is 42.4 Å². The first-order chi connectivity index (χ1) is 21.4. The molecule has 0 aliphatic rings. The number of aryl methyl sites for hydroxylation is 4. The standard InChI is InChI=1S/C36H35O8S/c1-9-31(37)41-20-26(7)35(39)43-33-22(3)16-29(17-23(33)4)45(28-14-12-11-13-15-28)30-18-24(5)34(25(6)19-30)44-36(40)27(8)21-42-32(38)10-2/h9-19H,1-2,7-8,20-21H2,3-6H3/q+1. The lowest BCUT2D eigenvalue weighted by Gasteiger charge is -2.16. The molecule has 0 aliphatic heterocycles. The Balaban J connectivity index is 1.94. The molecule has 0 spiro atoms. The summed E-state index contributed by atoms with van der Waals surface area (Å²) >= 11 is 0. The van der Waals surface area contributed by atoms with Crippen molar-refractivity contribution in [3.05, 3.63) is 126 Å². The van der Waals surface area contributed by atoms with Crippen LogP contribution in [0.1, 0.15) is 22.3 Å². The van der Waals surface area contributed by atoms with Crippen LogP contribution in [0.2, 0.25) is 0 Å². The molecule has 0 unspecified atom stereocenters. The summed E-state index contributed by atoms with van der Waals surface area (Å²) in [5.41, 5.74) is 2.92. The molecule has 0 aromatic heterocycles. The number of hydrogen-bond acceptors (Lipinski definition) is 8. The molecule has 9 heteroatoms. The average molecular weight is 628 g/mol. The quantitative estimate of drug-likeness (QED) is 0.0929. The van der Waals surface area contributed by atoms with Crippen LogP contribution in [0, 0.1) is 27.7 Å². The highest BCUT2D eigenvalue weighted by Crippen LogP contribution is 2.38. The SMILES string of the molecule is C=CC(=O)OCC(=C)C(=O)Oc1c(C)cc([S+](c2ccccc2)c2cc(C)c(OC(=O)C(=C)COC(=O)C=C)c(C)c2)cc1C. The molecule has 0 N–H and O–H groups in total. The van der Waals surface area contributed by atoms with Crippen LogP contribution < -0.4 is 9.47 Å². The van der Waals surface area contributed by atoms with Gasteiger partial charge in [0, 0.05) is 36.4 Å². The minimum Gasteiger partial charge on any atom is -0.457 e. The summed E-state index contributed by atoms with van der Waals surface area (Å²) in [6, 6.07) is 17.9. The summed E-state index contributed by atoms with van der Waals surface area (Å²) in [4.78, 5) is 51.1. The lowest BCUT2D eigenvalue weighted by atomic mass is 10.1. The first-order valence-corrected chi connectivity index (χ1v) is 15.0. The second kappa shape index (κ2) is 15.5. The molecule has 0 saturated heterocycles. The number of carbonyl (C=O) groups is 4. The fourth-order valence-electron chi connectivity index (χ4n) is 4.23. The third-order valence-electron chi connectivity index (χ3n) is 6.40. The van der Waals surface area contributed by atoms with Gasteiger partial charge in [0.1, 0.15) is 24.7 Å².